The van der Waals surface area contributed by atoms with Gasteiger partial charge in [-0.3, -0.25) is 0 Å². The van der Waals surface area contributed by atoms with Crippen molar-refractivity contribution in [2.45, 2.75) is 32.4 Å². The number of rotatable bonds is 1. The third-order valence-electron chi connectivity index (χ3n) is 2.78. The minimum Gasteiger partial charge on any atom is -0.444 e. The molecule has 110 valence electrons. The van der Waals surface area contributed by atoms with Crippen LogP contribution in [0.1, 0.15) is 32.6 Å². The number of carbonyl (C=O) groups is 1. The van der Waals surface area contributed by atoms with Crippen LogP contribution in [0.25, 0.3) is 0 Å². The molecule has 1 atom stereocenters. The van der Waals surface area contributed by atoms with Crippen LogP contribution in [0.15, 0.2) is 16.9 Å². The molecule has 0 saturated carbocycles. The van der Waals surface area contributed by atoms with Gasteiger partial charge in [-0.2, -0.15) is 0 Å². The summed E-state index contributed by atoms with van der Waals surface area (Å²) in [5.41, 5.74) is -0.481. The summed E-state index contributed by atoms with van der Waals surface area (Å²) in [6.45, 7) is 7.43. The molecule has 1 aliphatic heterocycles. The average Bonchev–Trinajstić information content (AvgIpc) is 2.38. The number of nitrogens with one attached hydrogen (secondary N) is 1. The number of halogens is 1. The number of hydrogen-bond acceptors (Lipinski definition) is 5. The topological polar surface area (TPSA) is 67.3 Å². The van der Waals surface area contributed by atoms with Crippen molar-refractivity contribution in [3.63, 3.8) is 0 Å². The maximum atomic E-state index is 12.1. The predicted molar refractivity (Wildman–Crippen MR) is 78.3 cm³/mol. The summed E-state index contributed by atoms with van der Waals surface area (Å²) < 4.78 is 6.23. The number of ether oxygens (including phenoxy) is 1. The number of piperazine rings is 1. The minimum atomic E-state index is -0.481. The van der Waals surface area contributed by atoms with Crippen molar-refractivity contribution in [3.05, 3.63) is 22.7 Å². The zero-order valence-corrected chi connectivity index (χ0v) is 13.5. The first kappa shape index (κ1) is 15.2. The van der Waals surface area contributed by atoms with E-state index in [0.29, 0.717) is 25.5 Å². The van der Waals surface area contributed by atoms with Gasteiger partial charge < -0.3 is 15.0 Å². The second-order valence-corrected chi connectivity index (χ2v) is 6.61. The number of nitrogens with zero attached hydrogens (tertiary/aromatic N) is 3. The van der Waals surface area contributed by atoms with Crippen molar-refractivity contribution in [2.24, 2.45) is 0 Å². The maximum Gasteiger partial charge on any atom is 0.410 e. The third kappa shape index (κ3) is 4.14. The predicted octanol–water partition coefficient (Wildman–Crippen LogP) is 2.12. The molecule has 2 heterocycles. The van der Waals surface area contributed by atoms with Crippen molar-refractivity contribution < 1.29 is 9.53 Å². The summed E-state index contributed by atoms with van der Waals surface area (Å²) in [6.07, 6.45) is 3.12. The van der Waals surface area contributed by atoms with Gasteiger partial charge in [-0.05, 0) is 36.7 Å². The molecule has 1 amide bonds. The zero-order valence-electron chi connectivity index (χ0n) is 11.9. The normalized spacial score (nSPS) is 19.8. The molecule has 6 nitrogen and oxygen atoms in total. The largest absolute Gasteiger partial charge is 0.444 e. The second kappa shape index (κ2) is 6.05. The van der Waals surface area contributed by atoms with E-state index in [1.807, 2.05) is 20.8 Å². The van der Waals surface area contributed by atoms with E-state index in [9.17, 15) is 4.79 Å². The summed E-state index contributed by atoms with van der Waals surface area (Å²) in [4.78, 5) is 22.3. The highest BCUT2D eigenvalue weighted by Gasteiger charge is 2.29. The summed E-state index contributed by atoms with van der Waals surface area (Å²) >= 11 is 3.31. The molecule has 0 bridgehead atoms. The van der Waals surface area contributed by atoms with Crippen LogP contribution in [0.3, 0.4) is 0 Å². The lowest BCUT2D eigenvalue weighted by Crippen LogP contribution is -2.50. The third-order valence-corrected chi connectivity index (χ3v) is 3.19. The first-order valence-corrected chi connectivity index (χ1v) is 7.33. The number of carbonyl (C=O) groups excluding carboxylic acids is 1. The van der Waals surface area contributed by atoms with Gasteiger partial charge in [0.05, 0.1) is 10.5 Å². The Kier molecular flexibility index (Phi) is 4.59. The summed E-state index contributed by atoms with van der Waals surface area (Å²) in [6, 6.07) is -0.0654. The summed E-state index contributed by atoms with van der Waals surface area (Å²) in [7, 11) is 0. The first-order valence-electron chi connectivity index (χ1n) is 6.54. The van der Waals surface area contributed by atoms with Crippen LogP contribution >= 0.6 is 15.9 Å². The summed E-state index contributed by atoms with van der Waals surface area (Å²) in [5, 5.41) is 3.31. The number of aromatic nitrogens is 2. The maximum absolute atomic E-state index is 12.1. The van der Waals surface area contributed by atoms with Gasteiger partial charge in [0.15, 0.2) is 0 Å². The van der Waals surface area contributed by atoms with Gasteiger partial charge in [-0.15, -0.1) is 0 Å². The Labute approximate surface area is 127 Å². The molecule has 0 aliphatic carbocycles. The van der Waals surface area contributed by atoms with E-state index in [2.05, 4.69) is 31.2 Å². The van der Waals surface area contributed by atoms with E-state index < -0.39 is 5.60 Å². The number of hydrogen-bond donors (Lipinski definition) is 1. The fraction of sp³-hybridized carbons (Fsp3) is 0.615. The quantitative estimate of drug-likeness (QED) is 0.846. The van der Waals surface area contributed by atoms with Crippen LogP contribution < -0.4 is 5.32 Å². The SMILES string of the molecule is CC(C)(C)OC(=O)N1CCNC(c2ncc(Br)cn2)C1. The summed E-state index contributed by atoms with van der Waals surface area (Å²) in [5.74, 6) is 0.682. The lowest BCUT2D eigenvalue weighted by molar-refractivity contribution is 0.0192. The van der Waals surface area contributed by atoms with Crippen LogP contribution in [0, 0.1) is 0 Å². The monoisotopic (exact) mass is 342 g/mol. The van der Waals surface area contributed by atoms with Crippen molar-refractivity contribution in [3.8, 4) is 0 Å². The molecule has 1 N–H and O–H groups in total. The molecule has 1 saturated heterocycles. The molecule has 1 unspecified atom stereocenters. The lowest BCUT2D eigenvalue weighted by atomic mass is 10.2. The Morgan fingerprint density at radius 1 is 1.45 bits per heavy atom. The van der Waals surface area contributed by atoms with Gasteiger partial charge in [0.25, 0.3) is 0 Å². The van der Waals surface area contributed by atoms with Crippen molar-refractivity contribution in [1.29, 1.82) is 0 Å². The Bertz CT molecular complexity index is 472. The molecule has 1 aliphatic rings. The van der Waals surface area contributed by atoms with Gasteiger partial charge in [-0.1, -0.05) is 0 Å². The molecule has 20 heavy (non-hydrogen) atoms. The molecule has 1 aromatic heterocycles. The zero-order chi connectivity index (χ0) is 14.8. The van der Waals surface area contributed by atoms with E-state index in [0.717, 1.165) is 4.47 Å². The molecule has 0 radical (unpaired) electrons. The molecule has 0 aromatic carbocycles. The van der Waals surface area contributed by atoms with E-state index in [1.54, 1.807) is 17.3 Å². The fourth-order valence-electron chi connectivity index (χ4n) is 1.92. The Balaban J connectivity index is 2.01. The molecular formula is C13H19BrN4O2. The number of amides is 1. The van der Waals surface area contributed by atoms with Crippen LogP contribution in [-0.4, -0.2) is 46.2 Å². The fourth-order valence-corrected chi connectivity index (χ4v) is 2.12. The van der Waals surface area contributed by atoms with E-state index in [4.69, 9.17) is 4.74 Å². The minimum absolute atomic E-state index is 0.0654. The van der Waals surface area contributed by atoms with Crippen molar-refractivity contribution >= 4 is 22.0 Å². The highest BCUT2D eigenvalue weighted by atomic mass is 79.9. The molecule has 7 heteroatoms. The van der Waals surface area contributed by atoms with Crippen LogP contribution in [0.5, 0.6) is 0 Å². The van der Waals surface area contributed by atoms with Crippen LogP contribution in [-0.2, 0) is 4.74 Å². The van der Waals surface area contributed by atoms with Crippen molar-refractivity contribution in [1.82, 2.24) is 20.2 Å². The molecule has 1 aromatic rings. The van der Waals surface area contributed by atoms with Gasteiger partial charge in [0.1, 0.15) is 11.4 Å². The van der Waals surface area contributed by atoms with E-state index in [-0.39, 0.29) is 12.1 Å². The second-order valence-electron chi connectivity index (χ2n) is 5.69. The van der Waals surface area contributed by atoms with Gasteiger partial charge >= 0.3 is 6.09 Å². The molecule has 2 rings (SSSR count). The highest BCUT2D eigenvalue weighted by molar-refractivity contribution is 9.10. The Morgan fingerprint density at radius 2 is 2.10 bits per heavy atom. The molecular weight excluding hydrogens is 324 g/mol. The Morgan fingerprint density at radius 3 is 2.70 bits per heavy atom. The van der Waals surface area contributed by atoms with Gasteiger partial charge in [0, 0.05) is 32.0 Å². The van der Waals surface area contributed by atoms with Crippen LogP contribution in [0.2, 0.25) is 0 Å². The first-order chi connectivity index (χ1) is 9.35. The lowest BCUT2D eigenvalue weighted by Gasteiger charge is -2.34. The standard InChI is InChI=1S/C13H19BrN4O2/c1-13(2,3)20-12(19)18-5-4-15-10(8-18)11-16-6-9(14)7-17-11/h6-7,10,15H,4-5,8H2,1-3H3. The van der Waals surface area contributed by atoms with E-state index in [1.165, 1.54) is 0 Å². The molecule has 1 fully saturated rings. The van der Waals surface area contributed by atoms with Crippen molar-refractivity contribution in [2.75, 3.05) is 19.6 Å². The van der Waals surface area contributed by atoms with Gasteiger partial charge in [0.2, 0.25) is 0 Å². The van der Waals surface area contributed by atoms with E-state index >= 15 is 0 Å². The smallest absolute Gasteiger partial charge is 0.410 e. The highest BCUT2D eigenvalue weighted by Crippen LogP contribution is 2.17. The van der Waals surface area contributed by atoms with Crippen LogP contribution in [0.4, 0.5) is 4.79 Å². The Hall–Kier alpha value is -1.21. The average molecular weight is 343 g/mol. The van der Waals surface area contributed by atoms with Gasteiger partial charge in [-0.25, -0.2) is 14.8 Å². The molecule has 0 spiro atoms.